The predicted octanol–water partition coefficient (Wildman–Crippen LogP) is 5.41. The molecule has 1 amide bonds. The Balaban J connectivity index is 1.31. The lowest BCUT2D eigenvalue weighted by Gasteiger charge is -2.09. The van der Waals surface area contributed by atoms with Crippen LogP contribution in [0.25, 0.3) is 11.3 Å². The van der Waals surface area contributed by atoms with Crippen LogP contribution in [-0.2, 0) is 17.6 Å². The maximum atomic E-state index is 13.0. The zero-order valence-corrected chi connectivity index (χ0v) is 17.2. The summed E-state index contributed by atoms with van der Waals surface area (Å²) in [6.45, 7) is 0. The number of amides is 1. The van der Waals surface area contributed by atoms with Crippen LogP contribution in [0.2, 0.25) is 0 Å². The molecule has 0 saturated heterocycles. The van der Waals surface area contributed by atoms with E-state index in [2.05, 4.69) is 16.4 Å². The Kier molecular flexibility index (Phi) is 5.97. The largest absolute Gasteiger partial charge is 0.431 e. The molecule has 0 saturated carbocycles. The van der Waals surface area contributed by atoms with Crippen molar-refractivity contribution in [2.75, 3.05) is 11.1 Å². The van der Waals surface area contributed by atoms with Crippen LogP contribution in [0.3, 0.4) is 0 Å². The fourth-order valence-corrected chi connectivity index (χ4v) is 5.26. The van der Waals surface area contributed by atoms with E-state index in [1.807, 2.05) is 0 Å². The van der Waals surface area contributed by atoms with E-state index in [1.165, 1.54) is 40.1 Å². The molecule has 4 rings (SSSR count). The molecule has 3 aromatic rings. The molecule has 2 heterocycles. The van der Waals surface area contributed by atoms with Crippen LogP contribution in [0.15, 0.2) is 40.1 Å². The maximum Gasteiger partial charge on any atom is 0.256 e. The highest BCUT2D eigenvalue weighted by Gasteiger charge is 2.21. The third-order valence-corrected chi connectivity index (χ3v) is 6.76. The third-order valence-electron chi connectivity index (χ3n) is 4.70. The van der Waals surface area contributed by atoms with Gasteiger partial charge in [-0.3, -0.25) is 4.79 Å². The summed E-state index contributed by atoms with van der Waals surface area (Å²) in [5.74, 6) is 0.625. The van der Waals surface area contributed by atoms with Gasteiger partial charge in [0.15, 0.2) is 5.76 Å². The van der Waals surface area contributed by atoms with Crippen LogP contribution in [-0.4, -0.2) is 16.6 Å². The van der Waals surface area contributed by atoms with Crippen molar-refractivity contribution in [2.45, 2.75) is 37.3 Å². The molecule has 148 valence electrons. The van der Waals surface area contributed by atoms with E-state index in [9.17, 15) is 14.4 Å². The molecule has 2 aromatic heterocycles. The van der Waals surface area contributed by atoms with Gasteiger partial charge >= 0.3 is 0 Å². The van der Waals surface area contributed by atoms with Crippen molar-refractivity contribution in [3.63, 3.8) is 0 Å². The number of benzene rings is 1. The van der Waals surface area contributed by atoms with E-state index >= 15 is 0 Å². The zero-order chi connectivity index (χ0) is 20.2. The minimum Gasteiger partial charge on any atom is -0.431 e. The van der Waals surface area contributed by atoms with Crippen molar-refractivity contribution in [1.29, 1.82) is 5.26 Å². The third kappa shape index (κ3) is 4.52. The number of hydrogen-bond acceptors (Lipinski definition) is 6. The van der Waals surface area contributed by atoms with Gasteiger partial charge in [0.25, 0.3) is 5.22 Å². The highest BCUT2D eigenvalue weighted by Crippen LogP contribution is 2.37. The van der Waals surface area contributed by atoms with Crippen LogP contribution >= 0.6 is 23.1 Å². The highest BCUT2D eigenvalue weighted by molar-refractivity contribution is 7.99. The molecule has 0 unspecified atom stereocenters. The molecule has 1 N–H and O–H groups in total. The summed E-state index contributed by atoms with van der Waals surface area (Å²) in [7, 11) is 0. The molecular weight excluding hydrogens is 409 g/mol. The molecule has 29 heavy (non-hydrogen) atoms. The number of nitrogens with zero attached hydrogens (tertiary/aromatic N) is 2. The number of nitrogens with one attached hydrogen (secondary N) is 1. The Morgan fingerprint density at radius 2 is 2.10 bits per heavy atom. The van der Waals surface area contributed by atoms with Crippen LogP contribution in [0, 0.1) is 17.1 Å². The van der Waals surface area contributed by atoms with Gasteiger partial charge in [-0.1, -0.05) is 11.8 Å². The molecule has 5 nitrogen and oxygen atoms in total. The summed E-state index contributed by atoms with van der Waals surface area (Å²) in [4.78, 5) is 17.8. The minimum atomic E-state index is -0.306. The molecule has 1 aliphatic carbocycles. The molecular formula is C21H18FN3O2S2. The van der Waals surface area contributed by atoms with Gasteiger partial charge in [-0.05, 0) is 55.5 Å². The van der Waals surface area contributed by atoms with E-state index in [4.69, 9.17) is 4.42 Å². The van der Waals surface area contributed by atoms with Crippen LogP contribution in [0.1, 0.15) is 35.3 Å². The molecule has 0 spiro atoms. The first-order valence-corrected chi connectivity index (χ1v) is 11.1. The normalized spacial score (nSPS) is 13.0. The number of thioether (sulfide) groups is 1. The van der Waals surface area contributed by atoms with E-state index in [0.29, 0.717) is 27.3 Å². The number of anilines is 1. The number of aromatic nitrogens is 1. The molecule has 0 atom stereocenters. The van der Waals surface area contributed by atoms with Crippen molar-refractivity contribution in [1.82, 2.24) is 4.98 Å². The van der Waals surface area contributed by atoms with Gasteiger partial charge in [0.1, 0.15) is 16.9 Å². The molecule has 8 heteroatoms. The van der Waals surface area contributed by atoms with Crippen molar-refractivity contribution in [3.8, 4) is 17.4 Å². The van der Waals surface area contributed by atoms with Crippen molar-refractivity contribution in [2.24, 2.45) is 0 Å². The summed E-state index contributed by atoms with van der Waals surface area (Å²) < 4.78 is 18.7. The maximum absolute atomic E-state index is 13.0. The second-order valence-electron chi connectivity index (χ2n) is 6.67. The molecule has 0 bridgehead atoms. The topological polar surface area (TPSA) is 78.9 Å². The number of rotatable bonds is 6. The number of aryl methyl sites for hydroxylation is 1. The molecule has 1 aromatic carbocycles. The Bertz CT molecular complexity index is 1070. The van der Waals surface area contributed by atoms with E-state index in [-0.39, 0.29) is 18.1 Å². The number of fused-ring (bicyclic) bond motifs is 1. The first kappa shape index (κ1) is 19.7. The average Bonchev–Trinajstić information content (AvgIpc) is 3.32. The molecule has 0 fully saturated rings. The molecule has 0 aliphatic heterocycles. The monoisotopic (exact) mass is 427 g/mol. The number of thiophene rings is 1. The number of carbonyl (C=O) groups excluding carboxylic acids is 1. The number of halogens is 1. The highest BCUT2D eigenvalue weighted by atomic mass is 32.2. The summed E-state index contributed by atoms with van der Waals surface area (Å²) in [5.41, 5.74) is 2.48. The molecule has 0 radical (unpaired) electrons. The Hall–Kier alpha value is -2.63. The fourth-order valence-electron chi connectivity index (χ4n) is 3.26. The minimum absolute atomic E-state index is 0.127. The van der Waals surface area contributed by atoms with Gasteiger partial charge in [-0.25, -0.2) is 9.37 Å². The summed E-state index contributed by atoms with van der Waals surface area (Å²) in [5, 5.41) is 13.5. The zero-order valence-electron chi connectivity index (χ0n) is 15.5. The number of hydrogen-bond donors (Lipinski definition) is 1. The van der Waals surface area contributed by atoms with E-state index < -0.39 is 0 Å². The van der Waals surface area contributed by atoms with Crippen LogP contribution in [0.5, 0.6) is 0 Å². The van der Waals surface area contributed by atoms with Crippen LogP contribution in [0.4, 0.5) is 9.39 Å². The van der Waals surface area contributed by atoms with E-state index in [0.717, 1.165) is 36.8 Å². The second kappa shape index (κ2) is 8.80. The Morgan fingerprint density at radius 1 is 1.31 bits per heavy atom. The Morgan fingerprint density at radius 3 is 2.90 bits per heavy atom. The van der Waals surface area contributed by atoms with Gasteiger partial charge in [0.2, 0.25) is 5.91 Å². The summed E-state index contributed by atoms with van der Waals surface area (Å²) >= 11 is 2.87. The quantitative estimate of drug-likeness (QED) is 0.532. The lowest BCUT2D eigenvalue weighted by atomic mass is 9.96. The second-order valence-corrected chi connectivity index (χ2v) is 8.82. The standard InChI is InChI=1S/C21H18FN3O2S2/c22-14-7-5-13(6-8-14)17-12-24-21(27-17)28-10-9-19(26)25-20-16(11-23)15-3-1-2-4-18(15)29-20/h5-8,12H,1-4,9-10H2,(H,25,26). The van der Waals surface area contributed by atoms with Crippen LogP contribution < -0.4 is 5.32 Å². The van der Waals surface area contributed by atoms with Crippen molar-refractivity contribution in [3.05, 3.63) is 52.3 Å². The lowest BCUT2D eigenvalue weighted by Crippen LogP contribution is -2.12. The van der Waals surface area contributed by atoms with Gasteiger partial charge in [0.05, 0.1) is 11.8 Å². The van der Waals surface area contributed by atoms with Gasteiger partial charge in [-0.2, -0.15) is 5.26 Å². The average molecular weight is 428 g/mol. The first-order chi connectivity index (χ1) is 14.1. The number of oxazole rings is 1. The number of nitriles is 1. The summed E-state index contributed by atoms with van der Waals surface area (Å²) in [6.07, 6.45) is 6.01. The van der Waals surface area contributed by atoms with E-state index in [1.54, 1.807) is 18.3 Å². The summed E-state index contributed by atoms with van der Waals surface area (Å²) in [6, 6.07) is 8.25. The SMILES string of the molecule is N#Cc1c(NC(=O)CCSc2ncc(-c3ccc(F)cc3)o2)sc2c1CCCC2. The first-order valence-electron chi connectivity index (χ1n) is 9.33. The van der Waals surface area contributed by atoms with Crippen molar-refractivity contribution >= 4 is 34.0 Å². The lowest BCUT2D eigenvalue weighted by molar-refractivity contribution is -0.115. The number of carbonyl (C=O) groups is 1. The molecule has 1 aliphatic rings. The van der Waals surface area contributed by atoms with Crippen molar-refractivity contribution < 1.29 is 13.6 Å². The Labute approximate surface area is 176 Å². The van der Waals surface area contributed by atoms with Gasteiger partial charge in [-0.15, -0.1) is 11.3 Å². The predicted molar refractivity (Wildman–Crippen MR) is 112 cm³/mol. The smallest absolute Gasteiger partial charge is 0.256 e. The fraction of sp³-hybridized carbons (Fsp3) is 0.286. The van der Waals surface area contributed by atoms with Gasteiger partial charge in [0, 0.05) is 22.6 Å². The van der Waals surface area contributed by atoms with Gasteiger partial charge < -0.3 is 9.73 Å².